The summed E-state index contributed by atoms with van der Waals surface area (Å²) in [4.78, 5) is 0. The summed E-state index contributed by atoms with van der Waals surface area (Å²) in [5, 5.41) is 14.1. The molecule has 1 heterocycles. The normalized spacial score (nSPS) is 17.1. The van der Waals surface area contributed by atoms with Gasteiger partial charge in [-0.25, -0.2) is 0 Å². The zero-order valence-corrected chi connectivity index (χ0v) is 12.6. The summed E-state index contributed by atoms with van der Waals surface area (Å²) >= 11 is 7.50. The summed E-state index contributed by atoms with van der Waals surface area (Å²) in [5.41, 5.74) is 4.63. The number of benzene rings is 2. The number of aromatic nitrogens is 2. The molecule has 0 fully saturated rings. The van der Waals surface area contributed by atoms with Gasteiger partial charge in [0.05, 0.1) is 28.5 Å². The lowest BCUT2D eigenvalue weighted by Crippen LogP contribution is -2.08. The van der Waals surface area contributed by atoms with Gasteiger partial charge in [-0.15, -0.1) is 0 Å². The lowest BCUT2D eigenvalue weighted by atomic mass is 10.1. The van der Waals surface area contributed by atoms with Crippen LogP contribution in [0.3, 0.4) is 0 Å². The number of fused-ring (bicyclic) bond motifs is 2. The highest BCUT2D eigenvalue weighted by Gasteiger charge is 2.26. The van der Waals surface area contributed by atoms with E-state index in [1.165, 1.54) is 11.7 Å². The third-order valence-corrected chi connectivity index (χ3v) is 4.80. The molecule has 6 heteroatoms. The van der Waals surface area contributed by atoms with Gasteiger partial charge in [0.2, 0.25) is 0 Å². The quantitative estimate of drug-likeness (QED) is 0.745. The molecular weight excluding hydrogens is 306 g/mol. The number of phenols is 1. The van der Waals surface area contributed by atoms with Crippen molar-refractivity contribution >= 4 is 40.0 Å². The van der Waals surface area contributed by atoms with Gasteiger partial charge >= 0.3 is 0 Å². The molecule has 4 nitrogen and oxygen atoms in total. The van der Waals surface area contributed by atoms with Crippen LogP contribution in [0.2, 0.25) is 5.02 Å². The average Bonchev–Trinajstić information content (AvgIpc) is 3.09. The van der Waals surface area contributed by atoms with E-state index in [1.807, 2.05) is 24.3 Å². The molecule has 0 radical (unpaired) electrons. The first kappa shape index (κ1) is 12.9. The predicted octanol–water partition coefficient (Wildman–Crippen LogP) is 4.15. The number of rotatable bonds is 2. The molecule has 3 aromatic rings. The Kier molecular flexibility index (Phi) is 2.97. The highest BCUT2D eigenvalue weighted by molar-refractivity contribution is 7.00. The van der Waals surface area contributed by atoms with Crippen molar-refractivity contribution in [3.63, 3.8) is 0 Å². The van der Waals surface area contributed by atoms with E-state index in [1.54, 1.807) is 6.07 Å². The largest absolute Gasteiger partial charge is 0.508 e. The van der Waals surface area contributed by atoms with Gasteiger partial charge in [-0.1, -0.05) is 23.7 Å². The van der Waals surface area contributed by atoms with E-state index in [0.29, 0.717) is 10.8 Å². The van der Waals surface area contributed by atoms with Crippen LogP contribution < -0.4 is 5.32 Å². The zero-order chi connectivity index (χ0) is 14.4. The Labute approximate surface area is 130 Å². The van der Waals surface area contributed by atoms with Crippen molar-refractivity contribution in [2.45, 2.75) is 18.9 Å². The number of nitrogens with zero attached hydrogens (tertiary/aromatic N) is 2. The molecular formula is C15H12ClN3OS. The minimum atomic E-state index is 0.136. The molecule has 2 N–H and O–H groups in total. The van der Waals surface area contributed by atoms with Crippen LogP contribution in [0.25, 0.3) is 11.0 Å². The molecule has 21 heavy (non-hydrogen) atoms. The van der Waals surface area contributed by atoms with Crippen LogP contribution in [0, 0.1) is 0 Å². The van der Waals surface area contributed by atoms with Crippen molar-refractivity contribution in [2.75, 3.05) is 5.32 Å². The van der Waals surface area contributed by atoms with Crippen molar-refractivity contribution in [2.24, 2.45) is 0 Å². The van der Waals surface area contributed by atoms with E-state index in [9.17, 15) is 5.11 Å². The smallest absolute Gasteiger partial charge is 0.129 e. The number of hydrogen-bond donors (Lipinski definition) is 2. The van der Waals surface area contributed by atoms with Gasteiger partial charge < -0.3 is 10.4 Å². The van der Waals surface area contributed by atoms with Crippen LogP contribution in [0.1, 0.15) is 23.6 Å². The van der Waals surface area contributed by atoms with E-state index in [-0.39, 0.29) is 6.04 Å². The maximum Gasteiger partial charge on any atom is 0.129 e. The summed E-state index contributed by atoms with van der Waals surface area (Å²) in [7, 11) is 0. The van der Waals surface area contributed by atoms with Gasteiger partial charge in [-0.3, -0.25) is 0 Å². The molecule has 1 aliphatic rings. The fourth-order valence-corrected chi connectivity index (χ4v) is 3.67. The molecule has 1 unspecified atom stereocenters. The van der Waals surface area contributed by atoms with Gasteiger partial charge in [0.1, 0.15) is 16.8 Å². The minimum absolute atomic E-state index is 0.136. The van der Waals surface area contributed by atoms with Crippen LogP contribution in [0.5, 0.6) is 5.75 Å². The first-order valence-corrected chi connectivity index (χ1v) is 7.83. The number of nitrogens with one attached hydrogen (secondary N) is 1. The third kappa shape index (κ3) is 2.04. The highest BCUT2D eigenvalue weighted by atomic mass is 35.5. The van der Waals surface area contributed by atoms with Crippen molar-refractivity contribution in [3.05, 3.63) is 46.5 Å². The lowest BCUT2D eigenvalue weighted by Gasteiger charge is -2.17. The Morgan fingerprint density at radius 2 is 2.14 bits per heavy atom. The number of phenolic OH excluding ortho intramolecular Hbond substituents is 1. The average molecular weight is 318 g/mol. The van der Waals surface area contributed by atoms with Crippen molar-refractivity contribution in [3.8, 4) is 5.75 Å². The first-order valence-electron chi connectivity index (χ1n) is 6.72. The Morgan fingerprint density at radius 1 is 1.24 bits per heavy atom. The monoisotopic (exact) mass is 317 g/mol. The van der Waals surface area contributed by atoms with E-state index >= 15 is 0 Å². The molecule has 0 saturated carbocycles. The second-order valence-electron chi connectivity index (χ2n) is 5.13. The van der Waals surface area contributed by atoms with E-state index < -0.39 is 0 Å². The lowest BCUT2D eigenvalue weighted by molar-refractivity contribution is 0.469. The molecule has 0 bridgehead atoms. The highest BCUT2D eigenvalue weighted by Crippen LogP contribution is 2.40. The fraction of sp³-hybridized carbons (Fsp3) is 0.200. The SMILES string of the molecule is Oc1cccc2c1CCC2Nc1c(Cl)ccc2nsnc12. The second kappa shape index (κ2) is 4.86. The van der Waals surface area contributed by atoms with Crippen molar-refractivity contribution in [1.82, 2.24) is 8.75 Å². The van der Waals surface area contributed by atoms with Crippen LogP contribution >= 0.6 is 23.3 Å². The van der Waals surface area contributed by atoms with E-state index in [0.717, 1.165) is 40.7 Å². The van der Waals surface area contributed by atoms with Gasteiger partial charge in [0, 0.05) is 0 Å². The van der Waals surface area contributed by atoms with E-state index in [2.05, 4.69) is 14.1 Å². The molecule has 1 atom stereocenters. The van der Waals surface area contributed by atoms with Crippen LogP contribution in [-0.2, 0) is 6.42 Å². The molecule has 0 saturated heterocycles. The Balaban J connectivity index is 1.76. The molecule has 4 rings (SSSR count). The molecule has 0 amide bonds. The van der Waals surface area contributed by atoms with Gasteiger partial charge in [-0.05, 0) is 42.2 Å². The third-order valence-electron chi connectivity index (χ3n) is 3.94. The van der Waals surface area contributed by atoms with Gasteiger partial charge in [0.25, 0.3) is 0 Å². The van der Waals surface area contributed by atoms with Crippen LogP contribution in [0.15, 0.2) is 30.3 Å². The number of hydrogen-bond acceptors (Lipinski definition) is 5. The van der Waals surface area contributed by atoms with E-state index in [4.69, 9.17) is 11.6 Å². The number of aromatic hydroxyl groups is 1. The van der Waals surface area contributed by atoms with Crippen molar-refractivity contribution < 1.29 is 5.11 Å². The first-order chi connectivity index (χ1) is 10.2. The fourth-order valence-electron chi connectivity index (χ4n) is 2.92. The minimum Gasteiger partial charge on any atom is -0.508 e. The van der Waals surface area contributed by atoms with Gasteiger partial charge in [-0.2, -0.15) is 8.75 Å². The standard InChI is InChI=1S/C15H12ClN3OS/c16-10-5-7-12-15(19-21-18-12)14(10)17-11-6-4-9-8(11)2-1-3-13(9)20/h1-3,5,7,11,17,20H,4,6H2. The zero-order valence-electron chi connectivity index (χ0n) is 11.0. The Bertz CT molecular complexity index is 833. The predicted molar refractivity (Wildman–Crippen MR) is 85.2 cm³/mol. The van der Waals surface area contributed by atoms with Gasteiger partial charge in [0.15, 0.2) is 0 Å². The molecule has 0 aliphatic heterocycles. The molecule has 1 aromatic heterocycles. The summed E-state index contributed by atoms with van der Waals surface area (Å²) < 4.78 is 8.57. The second-order valence-corrected chi connectivity index (χ2v) is 6.07. The molecule has 0 spiro atoms. The van der Waals surface area contributed by atoms with Crippen LogP contribution in [0.4, 0.5) is 5.69 Å². The molecule has 106 valence electrons. The molecule has 1 aliphatic carbocycles. The topological polar surface area (TPSA) is 58.0 Å². The summed E-state index contributed by atoms with van der Waals surface area (Å²) in [6.07, 6.45) is 1.79. The summed E-state index contributed by atoms with van der Waals surface area (Å²) in [6.45, 7) is 0. The van der Waals surface area contributed by atoms with Crippen LogP contribution in [-0.4, -0.2) is 13.9 Å². The summed E-state index contributed by atoms with van der Waals surface area (Å²) in [5.74, 6) is 0.372. The summed E-state index contributed by atoms with van der Waals surface area (Å²) in [6, 6.07) is 9.51. The maximum absolute atomic E-state index is 9.93. The number of halogens is 1. The number of anilines is 1. The Hall–Kier alpha value is -1.85. The Morgan fingerprint density at radius 3 is 3.05 bits per heavy atom. The van der Waals surface area contributed by atoms with Crippen molar-refractivity contribution in [1.29, 1.82) is 0 Å². The molecule has 2 aromatic carbocycles. The maximum atomic E-state index is 9.93.